The van der Waals surface area contributed by atoms with E-state index in [4.69, 9.17) is 16.3 Å². The zero-order valence-electron chi connectivity index (χ0n) is 14.9. The van der Waals surface area contributed by atoms with Crippen LogP contribution in [0.15, 0.2) is 54.6 Å². The van der Waals surface area contributed by atoms with Crippen LogP contribution >= 0.6 is 11.6 Å². The van der Waals surface area contributed by atoms with Gasteiger partial charge in [0.25, 0.3) is 0 Å². The Labute approximate surface area is 161 Å². The average Bonchev–Trinajstić information content (AvgIpc) is 2.99. The minimum absolute atomic E-state index is 0.00189. The smallest absolute Gasteiger partial charge is 0.215 e. The van der Waals surface area contributed by atoms with Crippen molar-refractivity contribution in [3.63, 3.8) is 0 Å². The minimum Gasteiger partial charge on any atom is -0.473 e. The average molecular weight is 382 g/mol. The van der Waals surface area contributed by atoms with E-state index in [9.17, 15) is 4.39 Å². The Hall–Kier alpha value is -2.92. The third kappa shape index (κ3) is 3.26. The molecule has 27 heavy (non-hydrogen) atoms. The second-order valence-electron chi connectivity index (χ2n) is 6.30. The van der Waals surface area contributed by atoms with Gasteiger partial charge in [0, 0.05) is 17.0 Å². The maximum atomic E-state index is 14.0. The first-order chi connectivity index (χ1) is 13.0. The molecule has 0 fully saturated rings. The predicted molar refractivity (Wildman–Crippen MR) is 104 cm³/mol. The van der Waals surface area contributed by atoms with Crippen molar-refractivity contribution in [3.8, 4) is 11.6 Å². The Morgan fingerprint density at radius 2 is 1.85 bits per heavy atom. The number of rotatable bonds is 4. The second kappa shape index (κ2) is 7.00. The summed E-state index contributed by atoms with van der Waals surface area (Å²) < 4.78 is 21.5. The van der Waals surface area contributed by atoms with Crippen molar-refractivity contribution in [2.75, 3.05) is 0 Å². The fraction of sp³-hybridized carbons (Fsp3) is 0.143. The molecule has 136 valence electrons. The number of hydrogen-bond donors (Lipinski definition) is 0. The Morgan fingerprint density at radius 1 is 1.07 bits per heavy atom. The molecule has 0 bridgehead atoms. The number of pyridine rings is 1. The molecule has 4 nitrogen and oxygen atoms in total. The van der Waals surface area contributed by atoms with Crippen molar-refractivity contribution in [1.82, 2.24) is 14.8 Å². The van der Waals surface area contributed by atoms with Gasteiger partial charge in [0.05, 0.1) is 16.4 Å². The first-order valence-electron chi connectivity index (χ1n) is 8.52. The van der Waals surface area contributed by atoms with Gasteiger partial charge in [-0.25, -0.2) is 9.07 Å². The predicted octanol–water partition coefficient (Wildman–Crippen LogP) is 5.41. The third-order valence-electron chi connectivity index (χ3n) is 4.41. The highest BCUT2D eigenvalue weighted by Crippen LogP contribution is 2.28. The number of para-hydroxylation sites is 1. The van der Waals surface area contributed by atoms with Gasteiger partial charge in [-0.3, -0.25) is 0 Å². The first-order valence-corrected chi connectivity index (χ1v) is 8.90. The van der Waals surface area contributed by atoms with Gasteiger partial charge in [-0.2, -0.15) is 10.1 Å². The highest BCUT2D eigenvalue weighted by molar-refractivity contribution is 6.31. The van der Waals surface area contributed by atoms with Crippen LogP contribution in [-0.2, 0) is 6.61 Å². The lowest BCUT2D eigenvalue weighted by Crippen LogP contribution is -2.03. The molecule has 4 aromatic rings. The van der Waals surface area contributed by atoms with Gasteiger partial charge in [0.15, 0.2) is 5.65 Å². The number of aromatic nitrogens is 3. The van der Waals surface area contributed by atoms with E-state index in [-0.39, 0.29) is 6.61 Å². The molecule has 2 heterocycles. The summed E-state index contributed by atoms with van der Waals surface area (Å²) >= 11 is 6.08. The number of benzene rings is 2. The van der Waals surface area contributed by atoms with E-state index in [1.54, 1.807) is 16.8 Å². The molecule has 4 rings (SSSR count). The topological polar surface area (TPSA) is 39.9 Å². The number of fused-ring (bicyclic) bond motifs is 1. The number of halogens is 2. The van der Waals surface area contributed by atoms with Crippen molar-refractivity contribution in [2.45, 2.75) is 20.5 Å². The van der Waals surface area contributed by atoms with E-state index in [2.05, 4.69) is 10.1 Å². The SMILES string of the molecule is Cc1cc(OCc2c(F)cccc2Cl)nc2c1c(C)nn2-c1ccccc1. The highest BCUT2D eigenvalue weighted by atomic mass is 35.5. The minimum atomic E-state index is -0.398. The van der Waals surface area contributed by atoms with E-state index < -0.39 is 5.82 Å². The van der Waals surface area contributed by atoms with E-state index in [1.165, 1.54) is 6.07 Å². The highest BCUT2D eigenvalue weighted by Gasteiger charge is 2.15. The number of aryl methyl sites for hydroxylation is 2. The fourth-order valence-electron chi connectivity index (χ4n) is 3.11. The normalized spacial score (nSPS) is 11.1. The lowest BCUT2D eigenvalue weighted by Gasteiger charge is -2.10. The maximum absolute atomic E-state index is 14.0. The van der Waals surface area contributed by atoms with Crippen molar-refractivity contribution < 1.29 is 9.13 Å². The molecular formula is C21H17ClFN3O. The summed E-state index contributed by atoms with van der Waals surface area (Å²) in [4.78, 5) is 4.62. The van der Waals surface area contributed by atoms with Crippen molar-refractivity contribution in [1.29, 1.82) is 0 Å². The molecule has 0 atom stereocenters. The summed E-state index contributed by atoms with van der Waals surface area (Å²) in [5, 5.41) is 5.94. The Balaban J connectivity index is 1.75. The van der Waals surface area contributed by atoms with E-state index in [0.717, 1.165) is 22.3 Å². The van der Waals surface area contributed by atoms with Crippen LogP contribution in [0.25, 0.3) is 16.7 Å². The summed E-state index contributed by atoms with van der Waals surface area (Å²) in [7, 11) is 0. The molecule has 0 unspecified atom stereocenters. The number of nitrogens with zero attached hydrogens (tertiary/aromatic N) is 3. The van der Waals surface area contributed by atoms with Gasteiger partial charge in [0.1, 0.15) is 12.4 Å². The molecule has 0 radical (unpaired) electrons. The van der Waals surface area contributed by atoms with Crippen molar-refractivity contribution in [2.24, 2.45) is 0 Å². The maximum Gasteiger partial charge on any atom is 0.215 e. The molecule has 0 spiro atoms. The van der Waals surface area contributed by atoms with Crippen LogP contribution < -0.4 is 4.74 Å². The molecule has 0 amide bonds. The fourth-order valence-corrected chi connectivity index (χ4v) is 3.33. The zero-order valence-corrected chi connectivity index (χ0v) is 15.7. The van der Waals surface area contributed by atoms with Crippen molar-refractivity contribution in [3.05, 3.63) is 82.3 Å². The molecule has 2 aromatic carbocycles. The van der Waals surface area contributed by atoms with Crippen LogP contribution in [0, 0.1) is 19.7 Å². The Bertz CT molecular complexity index is 1110. The van der Waals surface area contributed by atoms with Crippen LogP contribution in [0.2, 0.25) is 5.02 Å². The number of hydrogen-bond acceptors (Lipinski definition) is 3. The second-order valence-corrected chi connectivity index (χ2v) is 6.70. The van der Waals surface area contributed by atoms with E-state index in [1.807, 2.05) is 50.2 Å². The van der Waals surface area contributed by atoms with Crippen LogP contribution in [0.5, 0.6) is 5.88 Å². The summed E-state index contributed by atoms with van der Waals surface area (Å²) in [6.45, 7) is 3.94. The lowest BCUT2D eigenvalue weighted by atomic mass is 10.1. The molecule has 0 saturated heterocycles. The van der Waals surface area contributed by atoms with Gasteiger partial charge in [-0.15, -0.1) is 0 Å². The van der Waals surface area contributed by atoms with Crippen LogP contribution in [0.3, 0.4) is 0 Å². The van der Waals surface area contributed by atoms with Gasteiger partial charge in [0.2, 0.25) is 5.88 Å². The molecule has 0 saturated carbocycles. The Morgan fingerprint density at radius 3 is 2.59 bits per heavy atom. The number of ether oxygens (including phenoxy) is 1. The Kier molecular flexibility index (Phi) is 4.54. The first kappa shape index (κ1) is 17.5. The summed E-state index contributed by atoms with van der Waals surface area (Å²) in [6.07, 6.45) is 0. The third-order valence-corrected chi connectivity index (χ3v) is 4.77. The van der Waals surface area contributed by atoms with Crippen LogP contribution in [0.1, 0.15) is 16.8 Å². The molecule has 2 aromatic heterocycles. The van der Waals surface area contributed by atoms with Gasteiger partial charge in [-0.05, 0) is 43.7 Å². The lowest BCUT2D eigenvalue weighted by molar-refractivity contribution is 0.289. The molecule has 0 aliphatic carbocycles. The van der Waals surface area contributed by atoms with E-state index >= 15 is 0 Å². The van der Waals surface area contributed by atoms with Gasteiger partial charge in [-0.1, -0.05) is 35.9 Å². The molecule has 6 heteroatoms. The summed E-state index contributed by atoms with van der Waals surface area (Å²) in [5.41, 5.74) is 3.81. The molecular weight excluding hydrogens is 365 g/mol. The largest absolute Gasteiger partial charge is 0.473 e. The van der Waals surface area contributed by atoms with E-state index in [0.29, 0.717) is 22.1 Å². The summed E-state index contributed by atoms with van der Waals surface area (Å²) in [5.74, 6) is 0.00173. The molecule has 0 aliphatic heterocycles. The van der Waals surface area contributed by atoms with Crippen LogP contribution in [0.4, 0.5) is 4.39 Å². The van der Waals surface area contributed by atoms with Gasteiger partial charge >= 0.3 is 0 Å². The molecule has 0 aliphatic rings. The van der Waals surface area contributed by atoms with Crippen LogP contribution in [-0.4, -0.2) is 14.8 Å². The zero-order chi connectivity index (χ0) is 19.0. The monoisotopic (exact) mass is 381 g/mol. The van der Waals surface area contributed by atoms with Crippen molar-refractivity contribution >= 4 is 22.6 Å². The standard InChI is InChI=1S/C21H17ClFN3O/c1-13-11-19(27-12-16-17(22)9-6-10-18(16)23)24-21-20(13)14(2)25-26(21)15-7-4-3-5-8-15/h3-11H,12H2,1-2H3. The quantitative estimate of drug-likeness (QED) is 0.474. The molecule has 0 N–H and O–H groups in total. The summed E-state index contributed by atoms with van der Waals surface area (Å²) in [6, 6.07) is 16.2. The van der Waals surface area contributed by atoms with Gasteiger partial charge < -0.3 is 4.74 Å².